The Kier molecular flexibility index (Phi) is 9210. The molecule has 0 bridgehead atoms. The minimum absolute atomic E-state index is 0. The Hall–Kier alpha value is 2.74. The average molecular weight is 516 g/mol. The van der Waals surface area contributed by atoms with Gasteiger partial charge in [0.1, 0.15) is 0 Å². The maximum absolute atomic E-state index is 0. The van der Waals surface area contributed by atoms with Gasteiger partial charge in [-0.1, -0.05) is 0 Å². The average Bonchev–Trinajstić information content (AvgIpc) is 0. The van der Waals surface area contributed by atoms with Crippen LogP contribution in [0.2, 0.25) is 0 Å². The fraction of sp³-hybridized carbons (Fsp3) is 0. The number of rotatable bonds is 0. The van der Waals surface area contributed by atoms with E-state index in [9.17, 15) is 0 Å². The summed E-state index contributed by atoms with van der Waals surface area (Å²) in [7, 11) is 0. The molecule has 0 amide bonds. The van der Waals surface area contributed by atoms with Crippen LogP contribution in [-0.4, -0.2) is 48.9 Å². The van der Waals surface area contributed by atoms with E-state index in [1.807, 2.05) is 0 Å². The van der Waals surface area contributed by atoms with Crippen molar-refractivity contribution in [1.82, 2.24) is 0 Å². The molecule has 0 aliphatic carbocycles. The van der Waals surface area contributed by atoms with Crippen LogP contribution in [0.1, 0.15) is 0 Å². The van der Waals surface area contributed by atoms with E-state index in [1.54, 1.807) is 0 Å². The molecule has 0 saturated carbocycles. The van der Waals surface area contributed by atoms with Crippen molar-refractivity contribution in [3.8, 4) is 0 Å². The summed E-state index contributed by atoms with van der Waals surface area (Å²) in [5.74, 6) is 0. The van der Waals surface area contributed by atoms with Crippen molar-refractivity contribution in [2.75, 3.05) is 0 Å². The summed E-state index contributed by atoms with van der Waals surface area (Å²) in [5.41, 5.74) is 0. The first kappa shape index (κ1) is 371. The predicted octanol–water partition coefficient (Wildman–Crippen LogP) is -30.7. The zero-order valence-electron chi connectivity index (χ0n) is 4.67. The summed E-state index contributed by atoms with van der Waals surface area (Å²) in [6.07, 6.45) is 0. The molecule has 0 nitrogen and oxygen atoms in total. The van der Waals surface area contributed by atoms with E-state index < -0.39 is 0 Å². The molecule has 0 aromatic heterocycles. The summed E-state index contributed by atoms with van der Waals surface area (Å²) in [6.45, 7) is 0. The topological polar surface area (TPSA) is 0 Å². The van der Waals surface area contributed by atoms with E-state index in [4.69, 9.17) is 0 Å². The summed E-state index contributed by atoms with van der Waals surface area (Å²) in [5, 5.41) is 0. The maximum Gasteiger partial charge on any atom is 5.00 e. The smallest absolute Gasteiger partial charge is 1.00 e. The minimum atomic E-state index is 0. The number of hydrogen-bond acceptors (Lipinski definition) is 0. The fourth-order valence-corrected chi connectivity index (χ4v) is 0. The molecule has 0 aromatic carbocycles. The molecule has 12 heavy (non-hydrogen) atoms. The van der Waals surface area contributed by atoms with Gasteiger partial charge >= 0.3 is 48.9 Å². The van der Waals surface area contributed by atoms with Gasteiger partial charge in [0.05, 0.1) is 0 Å². The van der Waals surface area contributed by atoms with E-state index >= 15 is 0 Å². The van der Waals surface area contributed by atoms with Gasteiger partial charge in [-0.2, -0.15) is 0 Å². The zero-order valence-corrected chi connectivity index (χ0v) is 13.6. The number of halogens is 10. The van der Waals surface area contributed by atoms with E-state index in [0.29, 0.717) is 0 Å². The molecule has 0 saturated heterocycles. The first-order chi connectivity index (χ1) is 0. The third-order valence-electron chi connectivity index (χ3n) is 0. The molecule has 12 heteroatoms. The van der Waals surface area contributed by atoms with Crippen molar-refractivity contribution in [1.29, 1.82) is 0 Å². The van der Waals surface area contributed by atoms with Gasteiger partial charge in [-0.25, -0.2) is 0 Å². The third kappa shape index (κ3) is 234. The monoisotopic (exact) mass is 512 g/mol. The molecular weight excluding hydrogens is 516 g/mol. The van der Waals surface area contributed by atoms with Gasteiger partial charge in [0.2, 0.25) is 0 Å². The Morgan fingerprint density at radius 2 is 0.250 bits per heavy atom. The Balaban J connectivity index is 0. The second-order valence-electron chi connectivity index (χ2n) is 0. The van der Waals surface area contributed by atoms with Crippen LogP contribution in [-0.2, 0) is 0 Å². The van der Waals surface area contributed by atoms with Gasteiger partial charge < -0.3 is 85.6 Å². The van der Waals surface area contributed by atoms with Gasteiger partial charge in [0.25, 0.3) is 0 Å². The van der Waals surface area contributed by atoms with Gasteiger partial charge in [-0.3, -0.25) is 0 Å². The van der Waals surface area contributed by atoms with Crippen molar-refractivity contribution in [3.63, 3.8) is 0 Å². The molecular formula is Cl5F5Sb2. The van der Waals surface area contributed by atoms with Crippen LogP contribution in [0.5, 0.6) is 0 Å². The van der Waals surface area contributed by atoms with E-state index in [2.05, 4.69) is 0 Å². The normalized spacial score (nSPS) is 0. The van der Waals surface area contributed by atoms with Gasteiger partial charge in [0, 0.05) is 0 Å². The standard InChI is InChI=1S/5ClH.5FH.2Sb/h10*1H;;/q;;;;;;;;;;2*+5/p-10. The first-order valence-electron chi connectivity index (χ1n) is 0. The Morgan fingerprint density at radius 1 is 0.250 bits per heavy atom. The van der Waals surface area contributed by atoms with Gasteiger partial charge in [0.15, 0.2) is 0 Å². The van der Waals surface area contributed by atoms with Crippen molar-refractivity contribution < 1.29 is 85.6 Å². The van der Waals surface area contributed by atoms with Gasteiger partial charge in [-0.05, 0) is 0 Å². The van der Waals surface area contributed by atoms with E-state index in [-0.39, 0.29) is 134 Å². The van der Waals surface area contributed by atoms with Crippen LogP contribution >= 0.6 is 0 Å². The number of hydrogen-bond donors (Lipinski definition) is 0. The molecule has 0 spiro atoms. The molecule has 0 aromatic rings. The van der Waals surface area contributed by atoms with Crippen LogP contribution in [0.25, 0.3) is 0 Å². The summed E-state index contributed by atoms with van der Waals surface area (Å²) in [6, 6.07) is 0. The van der Waals surface area contributed by atoms with Crippen LogP contribution in [0, 0.1) is 0 Å². The quantitative estimate of drug-likeness (QED) is 0.222. The van der Waals surface area contributed by atoms with Crippen molar-refractivity contribution in [3.05, 3.63) is 0 Å². The molecule has 0 aliphatic heterocycles. The minimum Gasteiger partial charge on any atom is -1.00 e. The van der Waals surface area contributed by atoms with Crippen molar-refractivity contribution in [2.24, 2.45) is 0 Å². The summed E-state index contributed by atoms with van der Waals surface area (Å²) in [4.78, 5) is 0. The second kappa shape index (κ2) is 298. The van der Waals surface area contributed by atoms with E-state index in [1.165, 1.54) is 0 Å². The predicted molar refractivity (Wildman–Crippen MR) is 11.5 cm³/mol. The largest absolute Gasteiger partial charge is 5.00 e. The van der Waals surface area contributed by atoms with Gasteiger partial charge in [-0.15, -0.1) is 0 Å². The van der Waals surface area contributed by atoms with Crippen molar-refractivity contribution >= 4 is 48.9 Å². The second-order valence-corrected chi connectivity index (χ2v) is 0. The SMILES string of the molecule is [Cl-].[Cl-].[Cl-].[Cl-].[Cl-].[F-].[F-].[F-].[F-].[F-].[Sb+5].[Sb+5]. The Bertz CT molecular complexity index is 17.8. The molecule has 0 atom stereocenters. The zero-order chi connectivity index (χ0) is 0. The molecule has 0 aliphatic rings. The summed E-state index contributed by atoms with van der Waals surface area (Å²) < 4.78 is 0. The van der Waals surface area contributed by atoms with Crippen LogP contribution in [0.3, 0.4) is 0 Å². The summed E-state index contributed by atoms with van der Waals surface area (Å²) >= 11 is 0. The maximum atomic E-state index is 0. The molecule has 80 valence electrons. The van der Waals surface area contributed by atoms with Crippen LogP contribution in [0.15, 0.2) is 0 Å². The third-order valence-corrected chi connectivity index (χ3v) is 0. The molecule has 0 fully saturated rings. The van der Waals surface area contributed by atoms with Crippen LogP contribution in [0.4, 0.5) is 0 Å². The fourth-order valence-electron chi connectivity index (χ4n) is 0. The molecule has 0 N–H and O–H groups in total. The Morgan fingerprint density at radius 3 is 0.250 bits per heavy atom. The molecule has 0 unspecified atom stereocenters. The molecule has 0 radical (unpaired) electrons. The molecule has 0 rings (SSSR count). The Labute approximate surface area is 133 Å². The molecule has 0 heterocycles. The van der Waals surface area contributed by atoms with Crippen molar-refractivity contribution in [2.45, 2.75) is 0 Å². The first-order valence-corrected chi connectivity index (χ1v) is 0. The van der Waals surface area contributed by atoms with E-state index in [0.717, 1.165) is 0 Å². The van der Waals surface area contributed by atoms with Crippen LogP contribution < -0.4 is 85.6 Å².